The topological polar surface area (TPSA) is 320 Å². The van der Waals surface area contributed by atoms with Gasteiger partial charge in [-0.15, -0.1) is 0 Å². The molecule has 9 heterocycles. The quantitative estimate of drug-likeness (QED) is 0.0941. The van der Waals surface area contributed by atoms with E-state index in [1.54, 1.807) is 0 Å². The van der Waals surface area contributed by atoms with E-state index < -0.39 is 168 Å². The Morgan fingerprint density at radius 3 is 0.829 bits per heavy atom. The van der Waals surface area contributed by atoms with Crippen LogP contribution in [0.25, 0.3) is 0 Å². The minimum atomic E-state index is -5.30. The summed E-state index contributed by atoms with van der Waals surface area (Å²) >= 11 is 41.9. The number of hydrogen-bond donors (Lipinski definition) is 0. The van der Waals surface area contributed by atoms with Crippen LogP contribution in [-0.4, -0.2) is 181 Å². The molecule has 9 aliphatic heterocycles. The van der Waals surface area contributed by atoms with Gasteiger partial charge in [0.2, 0.25) is 40.6 Å². The minimum Gasteiger partial charge on any atom is -0.430 e. The molecule has 0 saturated carbocycles. The molecular weight excluding hydrogens is 1400 g/mol. The lowest BCUT2D eigenvalue weighted by atomic mass is 10.2. The lowest BCUT2D eigenvalue weighted by molar-refractivity contribution is -0.344. The largest absolute Gasteiger partial charge is 0.518 e. The van der Waals surface area contributed by atoms with E-state index in [2.05, 4.69) is 85.3 Å². The molecule has 0 spiro atoms. The molecule has 11 unspecified atom stereocenters. The Labute approximate surface area is 475 Å². The Balaban J connectivity index is 0.000000465. The van der Waals surface area contributed by atoms with Crippen LogP contribution in [0.3, 0.4) is 0 Å². The fourth-order valence-corrected chi connectivity index (χ4v) is 4.51. The van der Waals surface area contributed by atoms with Crippen molar-refractivity contribution in [2.75, 3.05) is 19.8 Å². The maximum absolute atomic E-state index is 11.9. The van der Waals surface area contributed by atoms with Gasteiger partial charge in [-0.3, -0.25) is 0 Å². The van der Waals surface area contributed by atoms with Gasteiger partial charge in [0.15, 0.2) is 6.61 Å². The SMILES string of the molecule is O=C1OC(C(F)(F)F)C(C(F)(F)F)O1.O=C1OC(Cl)(Cl)C(Cl)(Cl)O1.O=C1OC(Cl)C(Cl)O1.O=C1OC(F)(F)C(F)(F)O1.O=C1OC(F)C(Cl)O1.O=C1OC(F)C(F)O1.O=C1OCC(C(F)(F)F)O1.O=C1OCC(Cl)O1.O=C1OCC(F)O1. The highest BCUT2D eigenvalue weighted by atomic mass is 35.5. The van der Waals surface area contributed by atoms with Gasteiger partial charge >= 0.3 is 108 Å². The van der Waals surface area contributed by atoms with E-state index in [1.807, 2.05) is 0 Å². The van der Waals surface area contributed by atoms with Gasteiger partial charge in [0.1, 0.15) is 13.2 Å². The van der Waals surface area contributed by atoms with Crippen molar-refractivity contribution in [3.8, 4) is 0 Å². The summed E-state index contributed by atoms with van der Waals surface area (Å²) in [5, 5.41) is 0. The molecular formula is C30H17Cl8F17O27. The van der Waals surface area contributed by atoms with Crippen LogP contribution in [-0.2, 0) is 85.3 Å². The van der Waals surface area contributed by atoms with Crippen molar-refractivity contribution in [3.63, 3.8) is 0 Å². The third-order valence-electron chi connectivity index (χ3n) is 6.83. The summed E-state index contributed by atoms with van der Waals surface area (Å²) < 4.78 is 263. The summed E-state index contributed by atoms with van der Waals surface area (Å²) in [7, 11) is 0. The van der Waals surface area contributed by atoms with Crippen molar-refractivity contribution >= 4 is 148 Å². The lowest BCUT2D eigenvalue weighted by Gasteiger charge is -2.19. The Hall–Kier alpha value is -5.44. The van der Waals surface area contributed by atoms with Gasteiger partial charge in [0, 0.05) is 0 Å². The average molecular weight is 1420 g/mol. The Bertz CT molecular complexity index is 2010. The average Bonchev–Trinajstić information content (AvgIpc) is 4.24. The number of carbonyl (C=O) groups is 9. The summed E-state index contributed by atoms with van der Waals surface area (Å²) in [5.41, 5.74) is -3.54. The van der Waals surface area contributed by atoms with Crippen LogP contribution in [0.5, 0.6) is 0 Å². The fraction of sp³-hybridized carbons (Fsp3) is 0.700. The van der Waals surface area contributed by atoms with Crippen LogP contribution in [0, 0.1) is 0 Å². The van der Waals surface area contributed by atoms with Crippen LogP contribution in [0.4, 0.5) is 118 Å². The Morgan fingerprint density at radius 1 is 0.354 bits per heavy atom. The van der Waals surface area contributed by atoms with E-state index in [1.165, 1.54) is 0 Å². The molecule has 0 bridgehead atoms. The van der Waals surface area contributed by atoms with Crippen LogP contribution in [0.1, 0.15) is 0 Å². The highest BCUT2D eigenvalue weighted by Gasteiger charge is 2.71. The van der Waals surface area contributed by atoms with Gasteiger partial charge in [-0.2, -0.15) is 74.6 Å². The number of cyclic esters (lactones) is 18. The first-order valence-electron chi connectivity index (χ1n) is 18.7. The van der Waals surface area contributed by atoms with Crippen molar-refractivity contribution < 1.29 is 203 Å². The number of alkyl halides is 25. The number of hydrogen-bond acceptors (Lipinski definition) is 27. The van der Waals surface area contributed by atoms with Gasteiger partial charge in [0.05, 0.1) is 0 Å². The van der Waals surface area contributed by atoms with Crippen molar-refractivity contribution in [1.82, 2.24) is 0 Å². The minimum absolute atomic E-state index is 0.167. The zero-order valence-electron chi connectivity index (χ0n) is 36.9. The van der Waals surface area contributed by atoms with E-state index in [-0.39, 0.29) is 13.2 Å². The maximum atomic E-state index is 11.9. The summed E-state index contributed by atoms with van der Waals surface area (Å²) in [6, 6.07) is 0. The van der Waals surface area contributed by atoms with Crippen LogP contribution in [0.15, 0.2) is 0 Å². The fourth-order valence-electron chi connectivity index (χ4n) is 3.59. The number of rotatable bonds is 0. The first-order valence-corrected chi connectivity index (χ1v) is 21.9. The van der Waals surface area contributed by atoms with Crippen LogP contribution >= 0.6 is 92.8 Å². The molecule has 9 fully saturated rings. The van der Waals surface area contributed by atoms with Gasteiger partial charge < -0.3 is 85.3 Å². The third-order valence-corrected chi connectivity index (χ3v) is 9.86. The van der Waals surface area contributed by atoms with Crippen LogP contribution in [0.2, 0.25) is 0 Å². The van der Waals surface area contributed by atoms with Crippen molar-refractivity contribution in [2.45, 2.75) is 106 Å². The summed E-state index contributed by atoms with van der Waals surface area (Å²) in [6.45, 7) is -0.832. The van der Waals surface area contributed by atoms with Crippen molar-refractivity contribution in [1.29, 1.82) is 0 Å². The zero-order valence-corrected chi connectivity index (χ0v) is 43.0. The molecule has 0 aliphatic carbocycles. The molecule has 0 N–H and O–H groups in total. The molecule has 0 aromatic carbocycles. The summed E-state index contributed by atoms with van der Waals surface area (Å²) in [5.74, 6) is 0. The molecule has 9 saturated heterocycles. The van der Waals surface area contributed by atoms with Gasteiger partial charge in [-0.1, -0.05) is 46.4 Å². The highest BCUT2D eigenvalue weighted by Crippen LogP contribution is 2.49. The normalized spacial score (nSPS) is 30.4. The molecule has 52 heteroatoms. The van der Waals surface area contributed by atoms with E-state index >= 15 is 0 Å². The summed E-state index contributed by atoms with van der Waals surface area (Å²) in [6.07, 6.45) is -52.5. The predicted octanol–water partition coefficient (Wildman–Crippen LogP) is 11.1. The molecule has 9 rings (SSSR count). The molecule has 0 radical (unpaired) electrons. The second kappa shape index (κ2) is 30.4. The number of ether oxygens (including phenoxy) is 18. The van der Waals surface area contributed by atoms with Gasteiger partial charge in [0.25, 0.3) is 12.7 Å². The third kappa shape index (κ3) is 25.6. The smallest absolute Gasteiger partial charge is 0.430 e. The van der Waals surface area contributed by atoms with Crippen molar-refractivity contribution in [3.05, 3.63) is 0 Å². The molecule has 0 aromatic heterocycles. The highest BCUT2D eigenvalue weighted by molar-refractivity contribution is 6.62. The van der Waals surface area contributed by atoms with E-state index in [9.17, 15) is 118 Å². The monoisotopic (exact) mass is 1410 g/mol. The number of carbonyl (C=O) groups excluding carboxylic acids is 9. The second-order valence-corrected chi connectivity index (χ2v) is 17.1. The number of halogens is 25. The molecule has 82 heavy (non-hydrogen) atoms. The Kier molecular flexibility index (Phi) is 27.6. The van der Waals surface area contributed by atoms with E-state index in [0.717, 1.165) is 0 Å². The first kappa shape index (κ1) is 74.6. The zero-order chi connectivity index (χ0) is 63.9. The molecule has 11 atom stereocenters. The molecule has 27 nitrogen and oxygen atoms in total. The predicted molar refractivity (Wildman–Crippen MR) is 209 cm³/mol. The molecule has 474 valence electrons. The molecule has 9 aliphatic rings. The Morgan fingerprint density at radius 2 is 0.683 bits per heavy atom. The molecule has 0 aromatic rings. The second-order valence-electron chi connectivity index (χ2n) is 12.8. The standard InChI is InChI=1S/C5H2F6O3.C4H3F3O3.C3Cl4O3.C3H2Cl2O3.C3H2ClFO3.C3H3ClO3.C3F4O3.C3H2F2O3.C3H3FO3/c6-4(7,8)1-2(5(9,10)11)14-3(12)13-1;5-4(6,7)2-1-9-3(8)10-2;4-2(5)3(6,7)10-1(8)9-2;2*4-1-2(5)8-3(6)7-1;4-2-1-6-3(5)7-2;4-2(5)3(6,7)10-1(8)9-2;4-1-2(5)8-3(6)7-1;4-2-1-6-3(5)7-2/h1-2H;2H,1H2;;2*1-2H;2H,1H2;;1-2H;2H,1H2. The van der Waals surface area contributed by atoms with Gasteiger partial charge in [-0.25, -0.2) is 43.2 Å². The maximum Gasteiger partial charge on any atom is 0.518 e. The van der Waals surface area contributed by atoms with Crippen LogP contribution < -0.4 is 0 Å². The molecule has 0 amide bonds. The van der Waals surface area contributed by atoms with E-state index in [4.69, 9.17) is 92.8 Å². The lowest BCUT2D eigenvalue weighted by Crippen LogP contribution is -2.45. The van der Waals surface area contributed by atoms with Gasteiger partial charge in [-0.05, 0) is 46.4 Å². The van der Waals surface area contributed by atoms with Crippen molar-refractivity contribution in [2.24, 2.45) is 0 Å². The first-order chi connectivity index (χ1) is 37.0. The van der Waals surface area contributed by atoms with E-state index in [0.29, 0.717) is 0 Å². The summed E-state index contributed by atoms with van der Waals surface area (Å²) in [4.78, 5) is 89.4.